The smallest absolute Gasteiger partial charge is 0.168 e. The minimum Gasteiger partial charge on any atom is -0.497 e. The zero-order chi connectivity index (χ0) is 13.5. The molecule has 1 N–H and O–H groups in total. The first-order chi connectivity index (χ1) is 8.52. The number of rotatable bonds is 5. The Balaban J connectivity index is 2.47. The molecule has 0 saturated carbocycles. The van der Waals surface area contributed by atoms with E-state index in [2.05, 4.69) is 31.3 Å². The molecule has 18 heavy (non-hydrogen) atoms. The molecule has 1 aromatic rings. The van der Waals surface area contributed by atoms with Gasteiger partial charge in [-0.15, -0.1) is 0 Å². The van der Waals surface area contributed by atoms with Crippen LogP contribution in [-0.2, 0) is 6.54 Å². The van der Waals surface area contributed by atoms with Crippen LogP contribution in [0.4, 0.5) is 0 Å². The summed E-state index contributed by atoms with van der Waals surface area (Å²) in [6, 6.07) is 8.04. The fraction of sp³-hybridized carbons (Fsp3) is 0.500. The Morgan fingerprint density at radius 1 is 1.33 bits per heavy atom. The van der Waals surface area contributed by atoms with Gasteiger partial charge in [-0.2, -0.15) is 0 Å². The first-order valence-electron chi connectivity index (χ1n) is 6.14. The van der Waals surface area contributed by atoms with E-state index in [0.717, 1.165) is 24.0 Å². The van der Waals surface area contributed by atoms with Gasteiger partial charge in [0.1, 0.15) is 5.75 Å². The van der Waals surface area contributed by atoms with Gasteiger partial charge in [0.25, 0.3) is 0 Å². The van der Waals surface area contributed by atoms with Crippen LogP contribution in [0.15, 0.2) is 24.3 Å². The summed E-state index contributed by atoms with van der Waals surface area (Å²) in [5, 5.41) is 4.05. The third-order valence-corrected chi connectivity index (χ3v) is 3.04. The number of hydrogen-bond donors (Lipinski definition) is 1. The summed E-state index contributed by atoms with van der Waals surface area (Å²) in [6.07, 6.45) is 0. The Morgan fingerprint density at radius 3 is 2.44 bits per heavy atom. The molecule has 0 saturated heterocycles. The maximum atomic E-state index is 5.33. The van der Waals surface area contributed by atoms with Crippen molar-refractivity contribution < 1.29 is 4.74 Å². The van der Waals surface area contributed by atoms with Crippen LogP contribution in [0.2, 0.25) is 0 Å². The Labute approximate surface area is 115 Å². The summed E-state index contributed by atoms with van der Waals surface area (Å²) < 4.78 is 5.13. The van der Waals surface area contributed by atoms with Crippen LogP contribution in [0.25, 0.3) is 0 Å². The Bertz CT molecular complexity index is 376. The quantitative estimate of drug-likeness (QED) is 0.828. The van der Waals surface area contributed by atoms with E-state index in [4.69, 9.17) is 17.0 Å². The lowest BCUT2D eigenvalue weighted by Crippen LogP contribution is -2.38. The molecule has 0 radical (unpaired) electrons. The van der Waals surface area contributed by atoms with Crippen molar-refractivity contribution in [3.63, 3.8) is 0 Å². The molecular weight excluding hydrogens is 244 g/mol. The fourth-order valence-electron chi connectivity index (χ4n) is 1.50. The third-order valence-electron chi connectivity index (χ3n) is 2.59. The van der Waals surface area contributed by atoms with Gasteiger partial charge in [-0.05, 0) is 35.8 Å². The number of hydrogen-bond acceptors (Lipinski definition) is 2. The van der Waals surface area contributed by atoms with E-state index < -0.39 is 0 Å². The number of thiocarbonyl (C=S) groups is 1. The van der Waals surface area contributed by atoms with Gasteiger partial charge in [0, 0.05) is 20.1 Å². The van der Waals surface area contributed by atoms with Gasteiger partial charge in [0.05, 0.1) is 7.11 Å². The zero-order valence-electron chi connectivity index (χ0n) is 11.6. The Morgan fingerprint density at radius 2 is 1.94 bits per heavy atom. The Hall–Kier alpha value is -1.29. The van der Waals surface area contributed by atoms with Gasteiger partial charge in [-0.1, -0.05) is 26.0 Å². The second kappa shape index (κ2) is 7.21. The molecule has 0 aliphatic heterocycles. The van der Waals surface area contributed by atoms with Gasteiger partial charge in [0.15, 0.2) is 5.11 Å². The Kier molecular flexibility index (Phi) is 5.92. The third kappa shape index (κ3) is 4.92. The lowest BCUT2D eigenvalue weighted by Gasteiger charge is -2.22. The standard InChI is InChI=1S/C14H22N2OS/c1-11(2)9-15-14(18)16(3)10-12-5-7-13(17-4)8-6-12/h5-8,11H,9-10H2,1-4H3,(H,15,18). The molecule has 1 aromatic carbocycles. The maximum absolute atomic E-state index is 5.33. The summed E-state index contributed by atoms with van der Waals surface area (Å²) in [7, 11) is 3.67. The second-order valence-electron chi connectivity index (χ2n) is 4.78. The first kappa shape index (κ1) is 14.8. The normalized spacial score (nSPS) is 10.3. The molecule has 0 atom stereocenters. The summed E-state index contributed by atoms with van der Waals surface area (Å²) in [4.78, 5) is 2.04. The molecule has 0 bridgehead atoms. The molecule has 3 nitrogen and oxygen atoms in total. The summed E-state index contributed by atoms with van der Waals surface area (Å²) in [5.41, 5.74) is 1.21. The molecule has 1 rings (SSSR count). The van der Waals surface area contributed by atoms with E-state index in [1.807, 2.05) is 24.1 Å². The number of nitrogens with zero attached hydrogens (tertiary/aromatic N) is 1. The second-order valence-corrected chi connectivity index (χ2v) is 5.17. The van der Waals surface area contributed by atoms with Gasteiger partial charge in [-0.3, -0.25) is 0 Å². The lowest BCUT2D eigenvalue weighted by atomic mass is 10.2. The molecule has 0 amide bonds. The predicted octanol–water partition coefficient (Wildman–Crippen LogP) is 2.66. The van der Waals surface area contributed by atoms with Gasteiger partial charge in [0.2, 0.25) is 0 Å². The highest BCUT2D eigenvalue weighted by Gasteiger charge is 2.05. The van der Waals surface area contributed by atoms with Crippen LogP contribution < -0.4 is 10.1 Å². The highest BCUT2D eigenvalue weighted by molar-refractivity contribution is 7.80. The molecule has 0 aromatic heterocycles. The number of nitrogens with one attached hydrogen (secondary N) is 1. The van der Waals surface area contributed by atoms with Crippen molar-refractivity contribution in [3.05, 3.63) is 29.8 Å². The van der Waals surface area contributed by atoms with E-state index in [0.29, 0.717) is 5.92 Å². The number of benzene rings is 1. The largest absolute Gasteiger partial charge is 0.497 e. The van der Waals surface area contributed by atoms with Crippen molar-refractivity contribution in [1.82, 2.24) is 10.2 Å². The van der Waals surface area contributed by atoms with Gasteiger partial charge < -0.3 is 15.0 Å². The average Bonchev–Trinajstić information content (AvgIpc) is 2.36. The highest BCUT2D eigenvalue weighted by atomic mass is 32.1. The molecule has 0 heterocycles. The highest BCUT2D eigenvalue weighted by Crippen LogP contribution is 2.12. The van der Waals surface area contributed by atoms with Crippen LogP contribution in [0.1, 0.15) is 19.4 Å². The van der Waals surface area contributed by atoms with Crippen LogP contribution in [0.3, 0.4) is 0 Å². The molecule has 0 aliphatic carbocycles. The molecule has 0 unspecified atom stereocenters. The SMILES string of the molecule is COc1ccc(CN(C)C(=S)NCC(C)C)cc1. The topological polar surface area (TPSA) is 24.5 Å². The molecule has 4 heteroatoms. The van der Waals surface area contributed by atoms with Crippen LogP contribution >= 0.6 is 12.2 Å². The summed E-state index contributed by atoms with van der Waals surface area (Å²) in [5.74, 6) is 1.47. The van der Waals surface area contributed by atoms with E-state index in [1.54, 1.807) is 7.11 Å². The zero-order valence-corrected chi connectivity index (χ0v) is 12.4. The van der Waals surface area contributed by atoms with Gasteiger partial charge >= 0.3 is 0 Å². The lowest BCUT2D eigenvalue weighted by molar-refractivity contribution is 0.414. The van der Waals surface area contributed by atoms with Crippen molar-refractivity contribution in [2.45, 2.75) is 20.4 Å². The van der Waals surface area contributed by atoms with Gasteiger partial charge in [-0.25, -0.2) is 0 Å². The van der Waals surface area contributed by atoms with Crippen LogP contribution in [0, 0.1) is 5.92 Å². The molecule has 100 valence electrons. The van der Waals surface area contributed by atoms with E-state index in [-0.39, 0.29) is 0 Å². The van der Waals surface area contributed by atoms with Crippen molar-refractivity contribution in [2.24, 2.45) is 5.92 Å². The van der Waals surface area contributed by atoms with Crippen LogP contribution in [-0.4, -0.2) is 30.7 Å². The molecule has 0 fully saturated rings. The minimum atomic E-state index is 0.595. The average molecular weight is 266 g/mol. The molecule has 0 spiro atoms. The molecule has 0 aliphatic rings. The predicted molar refractivity (Wildman–Crippen MR) is 79.9 cm³/mol. The van der Waals surface area contributed by atoms with Crippen molar-refractivity contribution in [1.29, 1.82) is 0 Å². The number of methoxy groups -OCH3 is 1. The summed E-state index contributed by atoms with van der Waals surface area (Å²) >= 11 is 5.33. The maximum Gasteiger partial charge on any atom is 0.168 e. The van der Waals surface area contributed by atoms with Crippen molar-refractivity contribution in [2.75, 3.05) is 20.7 Å². The van der Waals surface area contributed by atoms with Crippen molar-refractivity contribution in [3.8, 4) is 5.75 Å². The monoisotopic (exact) mass is 266 g/mol. The van der Waals surface area contributed by atoms with Crippen LogP contribution in [0.5, 0.6) is 5.75 Å². The van der Waals surface area contributed by atoms with E-state index in [1.165, 1.54) is 5.56 Å². The minimum absolute atomic E-state index is 0.595. The van der Waals surface area contributed by atoms with Crippen molar-refractivity contribution >= 4 is 17.3 Å². The van der Waals surface area contributed by atoms with E-state index in [9.17, 15) is 0 Å². The summed E-state index contributed by atoms with van der Waals surface area (Å²) in [6.45, 7) is 6.04. The molecular formula is C14H22N2OS. The first-order valence-corrected chi connectivity index (χ1v) is 6.55. The fourth-order valence-corrected chi connectivity index (χ4v) is 1.65. The number of ether oxygens (including phenoxy) is 1. The van der Waals surface area contributed by atoms with E-state index >= 15 is 0 Å².